The summed E-state index contributed by atoms with van der Waals surface area (Å²) in [7, 11) is 0. The Morgan fingerprint density at radius 3 is 3.05 bits per heavy atom. The summed E-state index contributed by atoms with van der Waals surface area (Å²) in [6.45, 7) is 5.44. The summed E-state index contributed by atoms with van der Waals surface area (Å²) in [5.41, 5.74) is 1.05. The Hall–Kier alpha value is -1.55. The van der Waals surface area contributed by atoms with E-state index in [2.05, 4.69) is 17.1 Å². The third kappa shape index (κ3) is 2.91. The van der Waals surface area contributed by atoms with Gasteiger partial charge in [-0.2, -0.15) is 0 Å². The van der Waals surface area contributed by atoms with Crippen LogP contribution in [0.15, 0.2) is 24.3 Å². The summed E-state index contributed by atoms with van der Waals surface area (Å²) in [5, 5.41) is 3.41. The fraction of sp³-hybridized carbons (Fsp3) is 0.588. The molecule has 0 aromatic heterocycles. The lowest BCUT2D eigenvalue weighted by Gasteiger charge is -2.36. The molecule has 0 bridgehead atoms. The topological polar surface area (TPSA) is 41.6 Å². The molecule has 1 aromatic carbocycles. The van der Waals surface area contributed by atoms with E-state index in [9.17, 15) is 4.79 Å². The summed E-state index contributed by atoms with van der Waals surface area (Å²) >= 11 is 0. The zero-order chi connectivity index (χ0) is 14.7. The van der Waals surface area contributed by atoms with Crippen LogP contribution in [0.1, 0.15) is 37.7 Å². The molecule has 4 heteroatoms. The standard InChI is InChI=1S/C17H24N2O2/c1-2-10-19(13-6-5-9-18-11-13)17(20)15-12-21-16-8-4-3-7-14(15)16/h3-4,7-8,13,15,18H,2,5-6,9-12H2,1H3. The van der Waals surface area contributed by atoms with E-state index in [0.717, 1.165) is 50.2 Å². The molecule has 21 heavy (non-hydrogen) atoms. The molecule has 2 unspecified atom stereocenters. The lowest BCUT2D eigenvalue weighted by Crippen LogP contribution is -2.50. The van der Waals surface area contributed by atoms with Gasteiger partial charge in [0.2, 0.25) is 5.91 Å². The smallest absolute Gasteiger partial charge is 0.234 e. The van der Waals surface area contributed by atoms with Crippen molar-refractivity contribution in [1.82, 2.24) is 10.2 Å². The van der Waals surface area contributed by atoms with Gasteiger partial charge in [-0.15, -0.1) is 0 Å². The predicted octanol–water partition coefficient (Wildman–Crippen LogP) is 2.15. The molecule has 1 aromatic rings. The van der Waals surface area contributed by atoms with Crippen LogP contribution in [-0.2, 0) is 4.79 Å². The summed E-state index contributed by atoms with van der Waals surface area (Å²) in [4.78, 5) is 15.1. The number of carbonyl (C=O) groups is 1. The van der Waals surface area contributed by atoms with Crippen molar-refractivity contribution in [2.75, 3.05) is 26.2 Å². The minimum atomic E-state index is -0.130. The molecule has 2 atom stereocenters. The van der Waals surface area contributed by atoms with Gasteiger partial charge in [0.05, 0.1) is 0 Å². The van der Waals surface area contributed by atoms with Gasteiger partial charge in [0.1, 0.15) is 18.3 Å². The molecular weight excluding hydrogens is 264 g/mol. The van der Waals surface area contributed by atoms with Gasteiger partial charge < -0.3 is 15.0 Å². The third-order valence-corrected chi connectivity index (χ3v) is 4.46. The van der Waals surface area contributed by atoms with Gasteiger partial charge in [0.25, 0.3) is 0 Å². The molecule has 1 N–H and O–H groups in total. The largest absolute Gasteiger partial charge is 0.492 e. The minimum Gasteiger partial charge on any atom is -0.492 e. The van der Waals surface area contributed by atoms with E-state index < -0.39 is 0 Å². The Balaban J connectivity index is 1.78. The van der Waals surface area contributed by atoms with E-state index in [-0.39, 0.29) is 11.8 Å². The maximum absolute atomic E-state index is 13.0. The number of rotatable bonds is 4. The number of hydrogen-bond donors (Lipinski definition) is 1. The number of amides is 1. The van der Waals surface area contributed by atoms with Crippen LogP contribution in [0.25, 0.3) is 0 Å². The highest BCUT2D eigenvalue weighted by atomic mass is 16.5. The van der Waals surface area contributed by atoms with E-state index in [1.54, 1.807) is 0 Å². The first-order valence-corrected chi connectivity index (χ1v) is 8.04. The quantitative estimate of drug-likeness (QED) is 0.923. The Labute approximate surface area is 126 Å². The highest BCUT2D eigenvalue weighted by Crippen LogP contribution is 2.35. The molecule has 1 fully saturated rings. The van der Waals surface area contributed by atoms with Crippen molar-refractivity contribution >= 4 is 5.91 Å². The van der Waals surface area contributed by atoms with Crippen LogP contribution < -0.4 is 10.1 Å². The van der Waals surface area contributed by atoms with Crippen molar-refractivity contribution in [1.29, 1.82) is 0 Å². The second-order valence-corrected chi connectivity index (χ2v) is 5.93. The molecule has 0 aliphatic carbocycles. The number of para-hydroxylation sites is 1. The number of carbonyl (C=O) groups excluding carboxylic acids is 1. The molecular formula is C17H24N2O2. The van der Waals surface area contributed by atoms with Gasteiger partial charge in [0, 0.05) is 24.7 Å². The average Bonchev–Trinajstić information content (AvgIpc) is 2.97. The van der Waals surface area contributed by atoms with Crippen molar-refractivity contribution in [2.24, 2.45) is 0 Å². The second-order valence-electron chi connectivity index (χ2n) is 5.93. The number of hydrogen-bond acceptors (Lipinski definition) is 3. The van der Waals surface area contributed by atoms with Crippen molar-refractivity contribution in [3.05, 3.63) is 29.8 Å². The molecule has 1 saturated heterocycles. The van der Waals surface area contributed by atoms with E-state index >= 15 is 0 Å². The van der Waals surface area contributed by atoms with E-state index in [4.69, 9.17) is 4.74 Å². The second kappa shape index (κ2) is 6.48. The number of ether oxygens (including phenoxy) is 1. The first-order valence-electron chi connectivity index (χ1n) is 8.04. The van der Waals surface area contributed by atoms with E-state index in [1.807, 2.05) is 24.3 Å². The highest BCUT2D eigenvalue weighted by molar-refractivity contribution is 5.86. The average molecular weight is 288 g/mol. The van der Waals surface area contributed by atoms with Crippen LogP contribution in [-0.4, -0.2) is 43.1 Å². The molecule has 3 rings (SSSR count). The maximum atomic E-state index is 13.0. The number of nitrogens with one attached hydrogen (secondary N) is 1. The van der Waals surface area contributed by atoms with Crippen LogP contribution in [0.3, 0.4) is 0 Å². The van der Waals surface area contributed by atoms with Crippen LogP contribution in [0, 0.1) is 0 Å². The highest BCUT2D eigenvalue weighted by Gasteiger charge is 2.35. The third-order valence-electron chi connectivity index (χ3n) is 4.46. The molecule has 2 aliphatic rings. The number of benzene rings is 1. The van der Waals surface area contributed by atoms with Crippen molar-refractivity contribution < 1.29 is 9.53 Å². The summed E-state index contributed by atoms with van der Waals surface area (Å²) in [6, 6.07) is 8.25. The van der Waals surface area contributed by atoms with E-state index in [1.165, 1.54) is 0 Å². The zero-order valence-electron chi connectivity index (χ0n) is 12.7. The molecule has 1 amide bonds. The molecule has 0 spiro atoms. The van der Waals surface area contributed by atoms with E-state index in [0.29, 0.717) is 12.6 Å². The Morgan fingerprint density at radius 2 is 2.29 bits per heavy atom. The van der Waals surface area contributed by atoms with Crippen molar-refractivity contribution in [3.8, 4) is 5.75 Å². The van der Waals surface area contributed by atoms with Gasteiger partial charge in [-0.1, -0.05) is 25.1 Å². The molecule has 114 valence electrons. The van der Waals surface area contributed by atoms with Gasteiger partial charge in [-0.25, -0.2) is 0 Å². The molecule has 4 nitrogen and oxygen atoms in total. The molecule has 0 saturated carbocycles. The van der Waals surface area contributed by atoms with Gasteiger partial charge >= 0.3 is 0 Å². The van der Waals surface area contributed by atoms with Crippen LogP contribution in [0.4, 0.5) is 0 Å². The fourth-order valence-corrected chi connectivity index (χ4v) is 3.38. The molecule has 2 heterocycles. The van der Waals surface area contributed by atoms with Crippen LogP contribution in [0.2, 0.25) is 0 Å². The fourth-order valence-electron chi connectivity index (χ4n) is 3.38. The Bertz CT molecular complexity index is 497. The molecule has 2 aliphatic heterocycles. The minimum absolute atomic E-state index is 0.130. The Kier molecular flexibility index (Phi) is 4.44. The van der Waals surface area contributed by atoms with Gasteiger partial charge in [-0.3, -0.25) is 4.79 Å². The van der Waals surface area contributed by atoms with Gasteiger partial charge in [0.15, 0.2) is 0 Å². The monoisotopic (exact) mass is 288 g/mol. The summed E-state index contributed by atoms with van der Waals surface area (Å²) in [6.07, 6.45) is 3.25. The summed E-state index contributed by atoms with van der Waals surface area (Å²) in [5.74, 6) is 0.972. The van der Waals surface area contributed by atoms with Crippen LogP contribution >= 0.6 is 0 Å². The molecule has 0 radical (unpaired) electrons. The van der Waals surface area contributed by atoms with Crippen molar-refractivity contribution in [2.45, 2.75) is 38.1 Å². The lowest BCUT2D eigenvalue weighted by atomic mass is 9.97. The lowest BCUT2D eigenvalue weighted by molar-refractivity contribution is -0.135. The van der Waals surface area contributed by atoms with Crippen molar-refractivity contribution in [3.63, 3.8) is 0 Å². The first-order chi connectivity index (χ1) is 10.3. The van der Waals surface area contributed by atoms with Crippen LogP contribution in [0.5, 0.6) is 5.75 Å². The number of nitrogens with zero attached hydrogens (tertiary/aromatic N) is 1. The number of piperidine rings is 1. The van der Waals surface area contributed by atoms with Gasteiger partial charge in [-0.05, 0) is 31.9 Å². The maximum Gasteiger partial charge on any atom is 0.234 e. The predicted molar refractivity (Wildman–Crippen MR) is 82.6 cm³/mol. The summed E-state index contributed by atoms with van der Waals surface area (Å²) < 4.78 is 5.68. The zero-order valence-corrected chi connectivity index (χ0v) is 12.7. The normalized spacial score (nSPS) is 24.2. The number of fused-ring (bicyclic) bond motifs is 1. The Morgan fingerprint density at radius 1 is 1.43 bits per heavy atom. The SMILES string of the molecule is CCCN(C(=O)C1COc2ccccc21)C1CCCNC1. The first kappa shape index (κ1) is 14.4.